The van der Waals surface area contributed by atoms with Crippen LogP contribution in [0.2, 0.25) is 0 Å². The predicted molar refractivity (Wildman–Crippen MR) is 154 cm³/mol. The quantitative estimate of drug-likeness (QED) is 0.155. The van der Waals surface area contributed by atoms with Crippen molar-refractivity contribution >= 4 is 11.4 Å². The van der Waals surface area contributed by atoms with Crippen LogP contribution >= 0.6 is 0 Å². The zero-order chi connectivity index (χ0) is 27.0. The van der Waals surface area contributed by atoms with Gasteiger partial charge >= 0.3 is 0 Å². The third-order valence-corrected chi connectivity index (χ3v) is 8.15. The van der Waals surface area contributed by atoms with Gasteiger partial charge in [0.15, 0.2) is 11.5 Å². The van der Waals surface area contributed by atoms with E-state index in [4.69, 9.17) is 11.5 Å². The number of aryl methyl sites for hydroxylation is 4. The molecule has 0 spiro atoms. The molecule has 190 valence electrons. The Kier molecular flexibility index (Phi) is 5.38. The molecule has 4 nitrogen and oxygen atoms in total. The van der Waals surface area contributed by atoms with Gasteiger partial charge in [0.05, 0.1) is 5.41 Å². The lowest BCUT2D eigenvalue weighted by molar-refractivity contribution is 0.403. The zero-order valence-electron chi connectivity index (χ0n) is 22.7. The van der Waals surface area contributed by atoms with E-state index in [-0.39, 0.29) is 16.9 Å². The molecule has 0 bridgehead atoms. The first-order valence-electron chi connectivity index (χ1n) is 12.7. The number of rotatable bonds is 2. The first-order chi connectivity index (χ1) is 17.3. The van der Waals surface area contributed by atoms with E-state index >= 15 is 0 Å². The Morgan fingerprint density at radius 2 is 1.03 bits per heavy atom. The van der Waals surface area contributed by atoms with Crippen LogP contribution in [0.4, 0.5) is 11.4 Å². The fourth-order valence-corrected chi connectivity index (χ4v) is 5.98. The van der Waals surface area contributed by atoms with E-state index in [0.717, 1.165) is 67.0 Å². The second kappa shape index (κ2) is 8.04. The van der Waals surface area contributed by atoms with Crippen LogP contribution in [0.5, 0.6) is 11.5 Å². The van der Waals surface area contributed by atoms with E-state index in [1.165, 1.54) is 5.56 Å². The summed E-state index contributed by atoms with van der Waals surface area (Å²) in [7, 11) is 0. The molecule has 0 atom stereocenters. The third kappa shape index (κ3) is 3.50. The highest BCUT2D eigenvalue weighted by Gasteiger charge is 2.48. The molecule has 37 heavy (non-hydrogen) atoms. The average Bonchev–Trinajstić information content (AvgIpc) is 3.09. The van der Waals surface area contributed by atoms with Crippen molar-refractivity contribution in [3.8, 4) is 22.6 Å². The van der Waals surface area contributed by atoms with Crippen LogP contribution in [0.25, 0.3) is 11.1 Å². The number of benzene rings is 4. The van der Waals surface area contributed by atoms with Gasteiger partial charge in [-0.1, -0.05) is 63.2 Å². The highest BCUT2D eigenvalue weighted by atomic mass is 16.3. The SMILES string of the molecule is Cc1cc(C2(c3cc(C)c(N)c(C)c3)c3cc(C(C)(C)C)ccc3-c3cc(O)c(O)cc32)cc(C)c1N. The highest BCUT2D eigenvalue weighted by molar-refractivity contribution is 5.89. The molecule has 0 heterocycles. The second-order valence-electron chi connectivity index (χ2n) is 11.7. The molecule has 4 aromatic carbocycles. The minimum absolute atomic E-state index is 0.0697. The Balaban J connectivity index is 2.05. The maximum absolute atomic E-state index is 10.8. The van der Waals surface area contributed by atoms with Crippen molar-refractivity contribution < 1.29 is 10.2 Å². The van der Waals surface area contributed by atoms with E-state index in [0.29, 0.717) is 0 Å². The van der Waals surface area contributed by atoms with Gasteiger partial charge in [0.1, 0.15) is 0 Å². The first kappa shape index (κ1) is 24.8. The van der Waals surface area contributed by atoms with Crippen LogP contribution in [0.3, 0.4) is 0 Å². The van der Waals surface area contributed by atoms with Gasteiger partial charge < -0.3 is 21.7 Å². The molecule has 1 aliphatic rings. The van der Waals surface area contributed by atoms with Gasteiger partial charge in [-0.3, -0.25) is 0 Å². The lowest BCUT2D eigenvalue weighted by Gasteiger charge is -2.36. The number of phenols is 2. The number of phenolic OH excluding ortho intramolecular Hbond substituents is 2. The van der Waals surface area contributed by atoms with E-state index in [1.54, 1.807) is 12.1 Å². The van der Waals surface area contributed by atoms with Gasteiger partial charge in [-0.25, -0.2) is 0 Å². The van der Waals surface area contributed by atoms with Crippen LogP contribution < -0.4 is 11.5 Å². The maximum atomic E-state index is 10.8. The number of fused-ring (bicyclic) bond motifs is 3. The van der Waals surface area contributed by atoms with Crippen LogP contribution in [0, 0.1) is 27.7 Å². The number of aromatic hydroxyl groups is 2. The Morgan fingerprint density at radius 3 is 1.49 bits per heavy atom. The zero-order valence-corrected chi connectivity index (χ0v) is 22.7. The van der Waals surface area contributed by atoms with Gasteiger partial charge in [0.25, 0.3) is 0 Å². The van der Waals surface area contributed by atoms with Crippen molar-refractivity contribution in [3.05, 3.63) is 105 Å². The monoisotopic (exact) mass is 492 g/mol. The fourth-order valence-electron chi connectivity index (χ4n) is 5.98. The molecule has 0 radical (unpaired) electrons. The molecule has 0 amide bonds. The molecule has 0 saturated heterocycles. The lowest BCUT2D eigenvalue weighted by atomic mass is 9.66. The third-order valence-electron chi connectivity index (χ3n) is 8.15. The summed E-state index contributed by atoms with van der Waals surface area (Å²) < 4.78 is 0. The molecule has 0 aromatic heterocycles. The molecule has 0 aliphatic heterocycles. The number of hydrogen-bond acceptors (Lipinski definition) is 4. The number of hydrogen-bond donors (Lipinski definition) is 4. The standard InChI is InChI=1S/C33H36N2O2/c1-17-10-22(11-18(2)30(17)34)33(23-12-19(3)31(35)20(4)13-23)26-14-21(32(5,6)7)8-9-24(26)25-15-28(36)29(37)16-27(25)33/h8-16,36-37H,34-35H2,1-7H3. The topological polar surface area (TPSA) is 92.5 Å². The van der Waals surface area contributed by atoms with Crippen molar-refractivity contribution in [2.75, 3.05) is 11.5 Å². The molecular formula is C33H36N2O2. The van der Waals surface area contributed by atoms with Gasteiger partial charge in [0, 0.05) is 11.4 Å². The van der Waals surface area contributed by atoms with Gasteiger partial charge in [-0.2, -0.15) is 0 Å². The summed E-state index contributed by atoms with van der Waals surface area (Å²) in [6, 6.07) is 18.7. The van der Waals surface area contributed by atoms with Gasteiger partial charge in [-0.15, -0.1) is 0 Å². The summed E-state index contributed by atoms with van der Waals surface area (Å²) in [5, 5.41) is 21.4. The Morgan fingerprint density at radius 1 is 0.595 bits per heavy atom. The van der Waals surface area contributed by atoms with Crippen molar-refractivity contribution in [3.63, 3.8) is 0 Å². The summed E-state index contributed by atoms with van der Waals surface area (Å²) in [5.41, 5.74) is 24.9. The highest BCUT2D eigenvalue weighted by Crippen LogP contribution is 2.59. The Hall–Kier alpha value is -3.92. The summed E-state index contributed by atoms with van der Waals surface area (Å²) in [4.78, 5) is 0. The molecule has 0 saturated carbocycles. The second-order valence-corrected chi connectivity index (χ2v) is 11.7. The first-order valence-corrected chi connectivity index (χ1v) is 12.7. The molecule has 1 aliphatic carbocycles. The molecule has 4 heteroatoms. The normalized spacial score (nSPS) is 13.9. The maximum Gasteiger partial charge on any atom is 0.158 e. The summed E-state index contributed by atoms with van der Waals surface area (Å²) >= 11 is 0. The van der Waals surface area contributed by atoms with Crippen LogP contribution in [-0.2, 0) is 10.8 Å². The minimum atomic E-state index is -0.746. The molecule has 0 fully saturated rings. The number of nitrogen functional groups attached to an aromatic ring is 2. The Labute approximate surface area is 219 Å². The Bertz CT molecular complexity index is 1490. The number of anilines is 2. The summed E-state index contributed by atoms with van der Waals surface area (Å²) in [6.45, 7) is 14.8. The number of nitrogens with two attached hydrogens (primary N) is 2. The molecular weight excluding hydrogens is 456 g/mol. The van der Waals surface area contributed by atoms with Crippen molar-refractivity contribution in [1.82, 2.24) is 0 Å². The van der Waals surface area contributed by atoms with Gasteiger partial charge in [-0.05, 0) is 106 Å². The average molecular weight is 493 g/mol. The van der Waals surface area contributed by atoms with Crippen LogP contribution in [0.1, 0.15) is 70.8 Å². The predicted octanol–water partition coefficient (Wildman–Crippen LogP) is 7.16. The van der Waals surface area contributed by atoms with E-state index < -0.39 is 5.41 Å². The van der Waals surface area contributed by atoms with Crippen molar-refractivity contribution in [1.29, 1.82) is 0 Å². The molecule has 0 unspecified atom stereocenters. The lowest BCUT2D eigenvalue weighted by Crippen LogP contribution is -2.30. The van der Waals surface area contributed by atoms with Crippen molar-refractivity contribution in [2.45, 2.75) is 59.3 Å². The molecule has 4 aromatic rings. The van der Waals surface area contributed by atoms with Crippen LogP contribution in [-0.4, -0.2) is 10.2 Å². The minimum Gasteiger partial charge on any atom is -0.504 e. The summed E-state index contributed by atoms with van der Waals surface area (Å²) in [5.74, 6) is -0.269. The smallest absolute Gasteiger partial charge is 0.158 e. The van der Waals surface area contributed by atoms with E-state index in [2.05, 4.69) is 63.2 Å². The molecule has 6 N–H and O–H groups in total. The summed E-state index contributed by atoms with van der Waals surface area (Å²) in [6.07, 6.45) is 0. The molecule has 5 rings (SSSR count). The van der Waals surface area contributed by atoms with E-state index in [1.807, 2.05) is 27.7 Å². The fraction of sp³-hybridized carbons (Fsp3) is 0.273. The van der Waals surface area contributed by atoms with Crippen molar-refractivity contribution in [2.24, 2.45) is 0 Å². The van der Waals surface area contributed by atoms with E-state index in [9.17, 15) is 10.2 Å². The largest absolute Gasteiger partial charge is 0.504 e. The van der Waals surface area contributed by atoms with Gasteiger partial charge in [0.2, 0.25) is 0 Å². The van der Waals surface area contributed by atoms with Crippen LogP contribution in [0.15, 0.2) is 54.6 Å².